The van der Waals surface area contributed by atoms with Crippen molar-refractivity contribution >= 4 is 27.5 Å². The standard InChI is InChI=1S/C29H35N3O6S/c1-20-7-11-23(12-8-20)18-31(22(3)29(34)30-4)28(33)19-32(24-13-16-26(37-5)27(17-24)38-6)39(35,36)25-14-9-21(2)10-15-25/h7-17,22H,18-19H2,1-6H3,(H,30,34). The van der Waals surface area contributed by atoms with Gasteiger partial charge in [-0.3, -0.25) is 13.9 Å². The highest BCUT2D eigenvalue weighted by Gasteiger charge is 2.32. The molecular weight excluding hydrogens is 518 g/mol. The Morgan fingerprint density at radius 2 is 1.44 bits per heavy atom. The largest absolute Gasteiger partial charge is 0.493 e. The van der Waals surface area contributed by atoms with Crippen molar-refractivity contribution in [3.8, 4) is 11.5 Å². The Hall–Kier alpha value is -4.05. The van der Waals surface area contributed by atoms with Gasteiger partial charge in [0.1, 0.15) is 12.6 Å². The highest BCUT2D eigenvalue weighted by atomic mass is 32.2. The minimum atomic E-state index is -4.19. The third-order valence-electron chi connectivity index (χ3n) is 6.43. The minimum absolute atomic E-state index is 0.0279. The molecule has 0 aromatic heterocycles. The molecule has 9 nitrogen and oxygen atoms in total. The number of hydrogen-bond donors (Lipinski definition) is 1. The fourth-order valence-electron chi connectivity index (χ4n) is 4.03. The number of amides is 2. The summed E-state index contributed by atoms with van der Waals surface area (Å²) in [5.41, 5.74) is 2.97. The third-order valence-corrected chi connectivity index (χ3v) is 8.22. The van der Waals surface area contributed by atoms with Crippen LogP contribution in [0.1, 0.15) is 23.6 Å². The summed E-state index contributed by atoms with van der Waals surface area (Å²) in [6, 6.07) is 17.8. The number of rotatable bonds is 11. The van der Waals surface area contributed by atoms with Crippen LogP contribution in [-0.2, 0) is 26.2 Å². The molecule has 0 spiro atoms. The van der Waals surface area contributed by atoms with Crippen molar-refractivity contribution in [1.82, 2.24) is 10.2 Å². The molecule has 1 N–H and O–H groups in total. The number of aryl methyl sites for hydroxylation is 2. The van der Waals surface area contributed by atoms with Crippen molar-refractivity contribution < 1.29 is 27.5 Å². The number of nitrogens with zero attached hydrogens (tertiary/aromatic N) is 2. The molecule has 2 amide bonds. The van der Waals surface area contributed by atoms with Crippen LogP contribution in [0.2, 0.25) is 0 Å². The van der Waals surface area contributed by atoms with Crippen LogP contribution >= 0.6 is 0 Å². The first-order valence-electron chi connectivity index (χ1n) is 12.4. The lowest BCUT2D eigenvalue weighted by Gasteiger charge is -2.32. The first kappa shape index (κ1) is 29.5. The molecular formula is C29H35N3O6S. The van der Waals surface area contributed by atoms with Crippen LogP contribution in [0, 0.1) is 13.8 Å². The van der Waals surface area contributed by atoms with E-state index in [1.54, 1.807) is 31.2 Å². The Labute approximate surface area is 230 Å². The van der Waals surface area contributed by atoms with Gasteiger partial charge in [-0.2, -0.15) is 0 Å². The van der Waals surface area contributed by atoms with E-state index in [9.17, 15) is 18.0 Å². The SMILES string of the molecule is CNC(=O)C(C)N(Cc1ccc(C)cc1)C(=O)CN(c1ccc(OC)c(OC)c1)S(=O)(=O)c1ccc(C)cc1. The van der Waals surface area contributed by atoms with Crippen LogP contribution in [-0.4, -0.2) is 59.0 Å². The second-order valence-electron chi connectivity index (χ2n) is 9.16. The number of sulfonamides is 1. The van der Waals surface area contributed by atoms with Crippen LogP contribution < -0.4 is 19.1 Å². The summed E-state index contributed by atoms with van der Waals surface area (Å²) in [5, 5.41) is 2.57. The molecule has 0 saturated carbocycles. The number of anilines is 1. The molecule has 0 aliphatic heterocycles. The molecule has 208 valence electrons. The lowest BCUT2D eigenvalue weighted by Crippen LogP contribution is -2.50. The van der Waals surface area contributed by atoms with Crippen molar-refractivity contribution in [2.45, 2.75) is 38.3 Å². The number of methoxy groups -OCH3 is 2. The second kappa shape index (κ2) is 12.7. The first-order chi connectivity index (χ1) is 18.5. The molecule has 3 aromatic rings. The van der Waals surface area contributed by atoms with Gasteiger partial charge in [-0.05, 0) is 50.6 Å². The molecule has 0 radical (unpaired) electrons. The van der Waals surface area contributed by atoms with E-state index >= 15 is 0 Å². The number of ether oxygens (including phenoxy) is 2. The van der Waals surface area contributed by atoms with Gasteiger partial charge in [-0.25, -0.2) is 8.42 Å². The fraction of sp³-hybridized carbons (Fsp3) is 0.310. The smallest absolute Gasteiger partial charge is 0.264 e. The molecule has 10 heteroatoms. The summed E-state index contributed by atoms with van der Waals surface area (Å²) >= 11 is 0. The van der Waals surface area contributed by atoms with Gasteiger partial charge in [0.2, 0.25) is 11.8 Å². The number of carbonyl (C=O) groups is 2. The Bertz CT molecular complexity index is 1410. The van der Waals surface area contributed by atoms with Crippen LogP contribution in [0.15, 0.2) is 71.6 Å². The molecule has 3 rings (SSSR count). The van der Waals surface area contributed by atoms with E-state index in [1.165, 1.54) is 44.4 Å². The number of hydrogen-bond acceptors (Lipinski definition) is 6. The van der Waals surface area contributed by atoms with Crippen LogP contribution in [0.5, 0.6) is 11.5 Å². The summed E-state index contributed by atoms with van der Waals surface area (Å²) in [6.45, 7) is 5.00. The van der Waals surface area contributed by atoms with Crippen LogP contribution in [0.4, 0.5) is 5.69 Å². The third kappa shape index (κ3) is 6.88. The average molecular weight is 554 g/mol. The van der Waals surface area contributed by atoms with Crippen LogP contribution in [0.25, 0.3) is 0 Å². The monoisotopic (exact) mass is 553 g/mol. The maximum atomic E-state index is 13.9. The normalized spacial score (nSPS) is 11.8. The predicted molar refractivity (Wildman–Crippen MR) is 151 cm³/mol. The fourth-order valence-corrected chi connectivity index (χ4v) is 5.43. The number of benzene rings is 3. The van der Waals surface area contributed by atoms with Crippen molar-refractivity contribution in [1.29, 1.82) is 0 Å². The molecule has 1 unspecified atom stereocenters. The second-order valence-corrected chi connectivity index (χ2v) is 11.0. The van der Waals surface area contributed by atoms with E-state index in [4.69, 9.17) is 9.47 Å². The van der Waals surface area contributed by atoms with Crippen molar-refractivity contribution in [2.24, 2.45) is 0 Å². The lowest BCUT2D eigenvalue weighted by atomic mass is 10.1. The summed E-state index contributed by atoms with van der Waals surface area (Å²) in [4.78, 5) is 27.9. The molecule has 0 aliphatic rings. The summed E-state index contributed by atoms with van der Waals surface area (Å²) < 4.78 is 39.6. The zero-order valence-electron chi connectivity index (χ0n) is 23.1. The van der Waals surface area contributed by atoms with Gasteiger partial charge in [0.25, 0.3) is 10.0 Å². The molecule has 0 heterocycles. The summed E-state index contributed by atoms with van der Waals surface area (Å²) in [6.07, 6.45) is 0. The quantitative estimate of drug-likeness (QED) is 0.389. The zero-order valence-corrected chi connectivity index (χ0v) is 23.9. The van der Waals surface area contributed by atoms with Crippen molar-refractivity contribution in [2.75, 3.05) is 32.1 Å². The van der Waals surface area contributed by atoms with E-state index in [-0.39, 0.29) is 23.0 Å². The van der Waals surface area contributed by atoms with E-state index in [0.29, 0.717) is 11.5 Å². The zero-order chi connectivity index (χ0) is 28.7. The van der Waals surface area contributed by atoms with Crippen molar-refractivity contribution in [3.63, 3.8) is 0 Å². The molecule has 3 aromatic carbocycles. The Morgan fingerprint density at radius 3 is 1.97 bits per heavy atom. The van der Waals surface area contributed by atoms with Gasteiger partial charge in [0.15, 0.2) is 11.5 Å². The van der Waals surface area contributed by atoms with Gasteiger partial charge in [-0.15, -0.1) is 0 Å². The molecule has 0 aliphatic carbocycles. The van der Waals surface area contributed by atoms with Gasteiger partial charge in [-0.1, -0.05) is 47.5 Å². The van der Waals surface area contributed by atoms with Crippen LogP contribution in [0.3, 0.4) is 0 Å². The highest BCUT2D eigenvalue weighted by molar-refractivity contribution is 7.92. The molecule has 39 heavy (non-hydrogen) atoms. The van der Waals surface area contributed by atoms with E-state index in [1.807, 2.05) is 38.1 Å². The van der Waals surface area contributed by atoms with Gasteiger partial charge in [0, 0.05) is 19.7 Å². The topological polar surface area (TPSA) is 105 Å². The Morgan fingerprint density at radius 1 is 0.872 bits per heavy atom. The highest BCUT2D eigenvalue weighted by Crippen LogP contribution is 2.34. The van der Waals surface area contributed by atoms with Gasteiger partial charge >= 0.3 is 0 Å². The molecule has 0 saturated heterocycles. The van der Waals surface area contributed by atoms with Crippen molar-refractivity contribution in [3.05, 3.63) is 83.4 Å². The maximum Gasteiger partial charge on any atom is 0.264 e. The van der Waals surface area contributed by atoms with E-state index < -0.39 is 28.5 Å². The Kier molecular flexibility index (Phi) is 9.58. The number of nitrogens with one attached hydrogen (secondary N) is 1. The number of carbonyl (C=O) groups excluding carboxylic acids is 2. The first-order valence-corrected chi connectivity index (χ1v) is 13.8. The average Bonchev–Trinajstić information content (AvgIpc) is 2.94. The predicted octanol–water partition coefficient (Wildman–Crippen LogP) is 3.68. The maximum absolute atomic E-state index is 13.9. The minimum Gasteiger partial charge on any atom is -0.493 e. The summed E-state index contributed by atoms with van der Waals surface area (Å²) in [5.74, 6) is -0.192. The molecule has 0 fully saturated rings. The molecule has 0 bridgehead atoms. The van der Waals surface area contributed by atoms with Gasteiger partial charge in [0.05, 0.1) is 24.8 Å². The van der Waals surface area contributed by atoms with E-state index in [2.05, 4.69) is 5.32 Å². The summed E-state index contributed by atoms with van der Waals surface area (Å²) in [7, 11) is 0.228. The lowest BCUT2D eigenvalue weighted by molar-refractivity contribution is -0.139. The number of likely N-dealkylation sites (N-methyl/N-ethyl adjacent to an activating group) is 1. The molecule has 1 atom stereocenters. The van der Waals surface area contributed by atoms with Gasteiger partial charge < -0.3 is 19.7 Å². The van der Waals surface area contributed by atoms with E-state index in [0.717, 1.165) is 21.0 Å². The Balaban J connectivity index is 2.08.